The van der Waals surface area contributed by atoms with E-state index in [0.717, 1.165) is 12.8 Å². The molecule has 0 saturated heterocycles. The third kappa shape index (κ3) is 10.4. The molecule has 4 rings (SSSR count). The lowest BCUT2D eigenvalue weighted by Gasteiger charge is -2.10. The highest BCUT2D eigenvalue weighted by atomic mass is 32.2. The van der Waals surface area contributed by atoms with E-state index in [4.69, 9.17) is 28.4 Å². The summed E-state index contributed by atoms with van der Waals surface area (Å²) >= 11 is 0. The average molecular weight is 685 g/mol. The lowest BCUT2D eigenvalue weighted by molar-refractivity contribution is -0.0662. The molecular formula is C35H40O10S2. The molecule has 0 saturated carbocycles. The van der Waals surface area contributed by atoms with Gasteiger partial charge >= 0.3 is 0 Å². The first-order valence-corrected chi connectivity index (χ1v) is 18.3. The van der Waals surface area contributed by atoms with Gasteiger partial charge in [-0.25, -0.2) is 16.8 Å². The van der Waals surface area contributed by atoms with Crippen molar-refractivity contribution in [3.05, 3.63) is 97.1 Å². The number of ether oxygens (including phenoxy) is 6. The van der Waals surface area contributed by atoms with Gasteiger partial charge in [-0.05, 0) is 110 Å². The normalized spacial score (nSPS) is 11.6. The summed E-state index contributed by atoms with van der Waals surface area (Å²) < 4.78 is 84.9. The summed E-state index contributed by atoms with van der Waals surface area (Å²) in [5, 5.41) is 0. The molecule has 0 unspecified atom stereocenters. The minimum absolute atomic E-state index is 0.0334. The van der Waals surface area contributed by atoms with Crippen LogP contribution in [0.25, 0.3) is 0 Å². The standard InChI is InChI=1S/C35H40O10S2/c1-3-21-42-28-5-13-32(14-6-28)46(36,37)34-17-9-30(10-18-34)44-25-23-40-27-41-24-26-45-31-11-19-35(20-12-31)47(38,39)33-15-7-29(8-16-33)43-22-4-2/h5-20H,3-4,21-27H2,1-2H3. The van der Waals surface area contributed by atoms with E-state index in [1.807, 2.05) is 13.8 Å². The maximum Gasteiger partial charge on any atom is 0.206 e. The Morgan fingerprint density at radius 1 is 0.383 bits per heavy atom. The van der Waals surface area contributed by atoms with Gasteiger partial charge in [0.25, 0.3) is 0 Å². The number of sulfone groups is 2. The Balaban J connectivity index is 1.10. The quantitative estimate of drug-likeness (QED) is 0.0766. The summed E-state index contributed by atoms with van der Waals surface area (Å²) in [4.78, 5) is 0.709. The van der Waals surface area contributed by atoms with E-state index in [-0.39, 0.29) is 52.8 Å². The Morgan fingerprint density at radius 3 is 0.894 bits per heavy atom. The molecule has 12 heteroatoms. The Labute approximate surface area is 277 Å². The largest absolute Gasteiger partial charge is 0.494 e. The molecule has 0 radical (unpaired) electrons. The fourth-order valence-electron chi connectivity index (χ4n) is 4.19. The topological polar surface area (TPSA) is 124 Å². The van der Waals surface area contributed by atoms with E-state index >= 15 is 0 Å². The smallest absolute Gasteiger partial charge is 0.206 e. The molecule has 4 aromatic rings. The summed E-state index contributed by atoms with van der Waals surface area (Å²) in [6.07, 6.45) is 1.74. The van der Waals surface area contributed by atoms with E-state index in [1.165, 1.54) is 48.5 Å². The number of hydrogen-bond acceptors (Lipinski definition) is 10. The van der Waals surface area contributed by atoms with E-state index in [9.17, 15) is 16.8 Å². The van der Waals surface area contributed by atoms with Crippen LogP contribution in [0.4, 0.5) is 0 Å². The van der Waals surface area contributed by atoms with Gasteiger partial charge in [-0.1, -0.05) is 13.8 Å². The Bertz CT molecular complexity index is 1590. The third-order valence-corrected chi connectivity index (χ3v) is 10.2. The molecular weight excluding hydrogens is 645 g/mol. The average Bonchev–Trinajstić information content (AvgIpc) is 3.10. The van der Waals surface area contributed by atoms with Gasteiger partial charge in [0.1, 0.15) is 43.0 Å². The molecule has 0 bridgehead atoms. The van der Waals surface area contributed by atoms with Crippen LogP contribution < -0.4 is 18.9 Å². The monoisotopic (exact) mass is 684 g/mol. The summed E-state index contributed by atoms with van der Waals surface area (Å²) in [6.45, 7) is 6.20. The molecule has 0 heterocycles. The van der Waals surface area contributed by atoms with Crippen molar-refractivity contribution >= 4 is 19.7 Å². The number of hydrogen-bond donors (Lipinski definition) is 0. The van der Waals surface area contributed by atoms with Gasteiger partial charge in [-0.3, -0.25) is 0 Å². The summed E-state index contributed by atoms with van der Waals surface area (Å²) in [6, 6.07) is 25.2. The van der Waals surface area contributed by atoms with Crippen molar-refractivity contribution in [1.29, 1.82) is 0 Å². The Hall–Kier alpha value is -4.10. The van der Waals surface area contributed by atoms with Gasteiger partial charge in [0.15, 0.2) is 0 Å². The fourth-order valence-corrected chi connectivity index (χ4v) is 6.71. The van der Waals surface area contributed by atoms with Gasteiger partial charge in [0, 0.05) is 0 Å². The first-order valence-electron chi connectivity index (χ1n) is 15.3. The minimum atomic E-state index is -3.66. The first kappa shape index (κ1) is 35.7. The molecule has 0 atom stereocenters. The third-order valence-electron chi connectivity index (χ3n) is 6.64. The SMILES string of the molecule is CCCOc1ccc(S(=O)(=O)c2ccc(OCCOCOCCOc3ccc(S(=O)(=O)c4ccc(OCCC)cc4)cc3)cc2)cc1. The summed E-state index contributed by atoms with van der Waals surface area (Å²) in [5.41, 5.74) is 0. The summed E-state index contributed by atoms with van der Waals surface area (Å²) in [5.74, 6) is 2.29. The molecule has 0 aromatic heterocycles. The minimum Gasteiger partial charge on any atom is -0.494 e. The molecule has 47 heavy (non-hydrogen) atoms. The molecule has 0 amide bonds. The van der Waals surface area contributed by atoms with Crippen LogP contribution in [0.15, 0.2) is 117 Å². The Morgan fingerprint density at radius 2 is 0.638 bits per heavy atom. The predicted octanol–water partition coefficient (Wildman–Crippen LogP) is 6.38. The van der Waals surface area contributed by atoms with Crippen LogP contribution in [-0.2, 0) is 29.1 Å². The molecule has 10 nitrogen and oxygen atoms in total. The lowest BCUT2D eigenvalue weighted by atomic mass is 10.3. The van der Waals surface area contributed by atoms with Crippen molar-refractivity contribution in [1.82, 2.24) is 0 Å². The highest BCUT2D eigenvalue weighted by molar-refractivity contribution is 7.91. The molecule has 0 N–H and O–H groups in total. The van der Waals surface area contributed by atoms with Crippen LogP contribution in [0.2, 0.25) is 0 Å². The zero-order chi connectivity index (χ0) is 33.5. The number of rotatable bonds is 20. The molecule has 4 aromatic carbocycles. The van der Waals surface area contributed by atoms with Crippen molar-refractivity contribution < 1.29 is 45.3 Å². The maximum atomic E-state index is 12.9. The molecule has 0 fully saturated rings. The van der Waals surface area contributed by atoms with Crippen LogP contribution >= 0.6 is 0 Å². The van der Waals surface area contributed by atoms with E-state index in [0.29, 0.717) is 36.2 Å². The zero-order valence-electron chi connectivity index (χ0n) is 26.5. The first-order chi connectivity index (χ1) is 22.7. The van der Waals surface area contributed by atoms with Crippen LogP contribution in [0.5, 0.6) is 23.0 Å². The van der Waals surface area contributed by atoms with E-state index < -0.39 is 19.7 Å². The van der Waals surface area contributed by atoms with Crippen LogP contribution in [0.1, 0.15) is 26.7 Å². The van der Waals surface area contributed by atoms with Crippen LogP contribution in [0, 0.1) is 0 Å². The molecule has 0 aliphatic heterocycles. The lowest BCUT2D eigenvalue weighted by Crippen LogP contribution is -2.12. The van der Waals surface area contributed by atoms with Gasteiger partial charge in [0.05, 0.1) is 46.0 Å². The highest BCUT2D eigenvalue weighted by Crippen LogP contribution is 2.26. The van der Waals surface area contributed by atoms with Crippen molar-refractivity contribution in [2.45, 2.75) is 46.3 Å². The number of benzene rings is 4. The van der Waals surface area contributed by atoms with Gasteiger partial charge in [-0.15, -0.1) is 0 Å². The highest BCUT2D eigenvalue weighted by Gasteiger charge is 2.19. The molecule has 0 spiro atoms. The predicted molar refractivity (Wildman–Crippen MR) is 176 cm³/mol. The van der Waals surface area contributed by atoms with E-state index in [2.05, 4.69) is 0 Å². The fraction of sp³-hybridized carbons (Fsp3) is 0.314. The second-order valence-corrected chi connectivity index (χ2v) is 14.1. The van der Waals surface area contributed by atoms with Gasteiger partial charge < -0.3 is 28.4 Å². The van der Waals surface area contributed by atoms with Crippen molar-refractivity contribution in [2.24, 2.45) is 0 Å². The van der Waals surface area contributed by atoms with Crippen molar-refractivity contribution in [3.8, 4) is 23.0 Å². The maximum absolute atomic E-state index is 12.9. The van der Waals surface area contributed by atoms with Gasteiger partial charge in [0.2, 0.25) is 19.7 Å². The second-order valence-electron chi connectivity index (χ2n) is 10.2. The zero-order valence-corrected chi connectivity index (χ0v) is 28.1. The second kappa shape index (κ2) is 17.7. The van der Waals surface area contributed by atoms with Crippen LogP contribution in [-0.4, -0.2) is 63.3 Å². The molecule has 0 aliphatic rings. The Kier molecular flexibility index (Phi) is 13.5. The van der Waals surface area contributed by atoms with Crippen LogP contribution in [0.3, 0.4) is 0 Å². The van der Waals surface area contributed by atoms with Crippen molar-refractivity contribution in [2.75, 3.05) is 46.4 Å². The molecule has 252 valence electrons. The molecule has 0 aliphatic carbocycles. The van der Waals surface area contributed by atoms with E-state index in [1.54, 1.807) is 48.5 Å². The van der Waals surface area contributed by atoms with Gasteiger partial charge in [-0.2, -0.15) is 0 Å². The summed E-state index contributed by atoms with van der Waals surface area (Å²) in [7, 11) is -7.33. The van der Waals surface area contributed by atoms with Crippen molar-refractivity contribution in [3.63, 3.8) is 0 Å².